The molecule has 0 radical (unpaired) electrons. The van der Waals surface area contributed by atoms with Crippen LogP contribution >= 0.6 is 0 Å². The summed E-state index contributed by atoms with van der Waals surface area (Å²) in [5.74, 6) is -4.16. The molecule has 1 atom stereocenters. The fraction of sp³-hybridized carbons (Fsp3) is 0.304. The normalized spacial score (nSPS) is 12.6. The number of hydrogen-bond acceptors (Lipinski definition) is 5. The van der Waals surface area contributed by atoms with Crippen LogP contribution in [0.4, 0.5) is 22.0 Å². The Morgan fingerprint density at radius 1 is 1.18 bits per heavy atom. The fourth-order valence-electron chi connectivity index (χ4n) is 3.17. The zero-order chi connectivity index (χ0) is 25.0. The van der Waals surface area contributed by atoms with Gasteiger partial charge in [0.1, 0.15) is 29.4 Å². The van der Waals surface area contributed by atoms with E-state index < -0.39 is 53.3 Å². The van der Waals surface area contributed by atoms with Crippen molar-refractivity contribution in [3.63, 3.8) is 0 Å². The van der Waals surface area contributed by atoms with E-state index >= 15 is 0 Å². The number of hydrogen-bond donors (Lipinski definition) is 2. The number of unbranched alkanes of at least 4 members (excludes halogenated alkanes) is 1. The van der Waals surface area contributed by atoms with E-state index in [0.29, 0.717) is 24.2 Å². The van der Waals surface area contributed by atoms with Crippen molar-refractivity contribution in [2.45, 2.75) is 38.5 Å². The van der Waals surface area contributed by atoms with Gasteiger partial charge in [-0.15, -0.1) is 0 Å². The van der Waals surface area contributed by atoms with Crippen LogP contribution in [0.1, 0.15) is 53.4 Å². The molecule has 6 nitrogen and oxygen atoms in total. The third kappa shape index (κ3) is 5.53. The van der Waals surface area contributed by atoms with E-state index in [1.807, 2.05) is 6.92 Å². The maximum Gasteiger partial charge on any atom is 0.416 e. The monoisotopic (exact) mass is 484 g/mol. The lowest BCUT2D eigenvalue weighted by Crippen LogP contribution is -2.17. The Kier molecular flexibility index (Phi) is 7.55. The maximum atomic E-state index is 14.3. The van der Waals surface area contributed by atoms with Crippen LogP contribution < -0.4 is 10.5 Å². The van der Waals surface area contributed by atoms with Gasteiger partial charge in [0.05, 0.1) is 5.56 Å². The summed E-state index contributed by atoms with van der Waals surface area (Å²) in [6.45, 7) is 1.37. The minimum absolute atomic E-state index is 0.196. The first-order valence-corrected chi connectivity index (χ1v) is 10.3. The molecule has 0 spiro atoms. The van der Waals surface area contributed by atoms with Crippen molar-refractivity contribution in [1.82, 2.24) is 4.98 Å². The van der Waals surface area contributed by atoms with Crippen molar-refractivity contribution < 1.29 is 41.0 Å². The number of ether oxygens (including phenoxy) is 1. The molecule has 0 aliphatic carbocycles. The highest BCUT2D eigenvalue weighted by atomic mass is 19.4. The average molecular weight is 484 g/mol. The van der Waals surface area contributed by atoms with Crippen molar-refractivity contribution in [1.29, 1.82) is 0 Å². The van der Waals surface area contributed by atoms with Gasteiger partial charge in [-0.05, 0) is 30.7 Å². The Labute approximate surface area is 191 Å². The highest BCUT2D eigenvalue weighted by Crippen LogP contribution is 2.33. The molecule has 34 heavy (non-hydrogen) atoms. The number of aromatic nitrogens is 1. The number of rotatable bonds is 9. The molecule has 3 rings (SSSR count). The van der Waals surface area contributed by atoms with E-state index in [1.54, 1.807) is 0 Å². The van der Waals surface area contributed by atoms with Gasteiger partial charge in [0, 0.05) is 12.0 Å². The number of halogens is 5. The van der Waals surface area contributed by atoms with Crippen molar-refractivity contribution in [3.8, 4) is 17.0 Å². The zero-order valence-electron chi connectivity index (χ0n) is 18.0. The first kappa shape index (κ1) is 25.2. The van der Waals surface area contributed by atoms with Gasteiger partial charge in [0.25, 0.3) is 5.91 Å². The van der Waals surface area contributed by atoms with Crippen LogP contribution in [0.3, 0.4) is 0 Å². The number of carbonyl (C=O) groups excluding carboxylic acids is 1. The van der Waals surface area contributed by atoms with Gasteiger partial charge >= 0.3 is 6.18 Å². The molecule has 2 aromatic carbocycles. The fourth-order valence-corrected chi connectivity index (χ4v) is 3.17. The number of aryl methyl sites for hydroxylation is 1. The number of benzene rings is 2. The molecule has 0 aliphatic rings. The van der Waals surface area contributed by atoms with Crippen LogP contribution in [0.15, 0.2) is 40.8 Å². The van der Waals surface area contributed by atoms with Gasteiger partial charge in [0.15, 0.2) is 17.7 Å². The summed E-state index contributed by atoms with van der Waals surface area (Å²) in [6.07, 6.45) is -4.06. The molecule has 182 valence electrons. The molecule has 1 aromatic heterocycles. The van der Waals surface area contributed by atoms with Gasteiger partial charge < -0.3 is 20.0 Å². The Morgan fingerprint density at radius 3 is 2.44 bits per heavy atom. The molecule has 3 aromatic rings. The smallest absolute Gasteiger partial charge is 0.416 e. The molecule has 0 bridgehead atoms. The first-order chi connectivity index (χ1) is 16.0. The number of primary amides is 1. The standard InChI is InChI=1S/C23H21F5N2O4/c1-2-3-4-17-20(12-5-7-13(8-6-12)23(26,27)28)30-22(34-17)15(31)11-33-16-10-9-14(24)18(19(16)25)21(29)32/h5-10,15,31H,2-4,11H2,1H3,(H2,29,32). The average Bonchev–Trinajstić information content (AvgIpc) is 3.20. The van der Waals surface area contributed by atoms with E-state index in [4.69, 9.17) is 14.9 Å². The molecule has 0 saturated carbocycles. The summed E-state index contributed by atoms with van der Waals surface area (Å²) >= 11 is 0. The molecule has 0 aliphatic heterocycles. The Balaban J connectivity index is 1.84. The van der Waals surface area contributed by atoms with E-state index in [1.165, 1.54) is 12.1 Å². The lowest BCUT2D eigenvalue weighted by atomic mass is 10.1. The summed E-state index contributed by atoms with van der Waals surface area (Å²) in [6, 6.07) is 6.06. The van der Waals surface area contributed by atoms with Gasteiger partial charge in [-0.3, -0.25) is 4.79 Å². The van der Waals surface area contributed by atoms with Crippen molar-refractivity contribution in [2.75, 3.05) is 6.61 Å². The van der Waals surface area contributed by atoms with Gasteiger partial charge in [-0.25, -0.2) is 13.8 Å². The SMILES string of the molecule is CCCCc1oc(C(O)COc2ccc(F)c(C(N)=O)c2F)nc1-c1ccc(C(F)(F)F)cc1. The lowest BCUT2D eigenvalue weighted by molar-refractivity contribution is -0.137. The van der Waals surface area contributed by atoms with Gasteiger partial charge in [-0.1, -0.05) is 25.5 Å². The van der Waals surface area contributed by atoms with Crippen LogP contribution in [-0.4, -0.2) is 22.6 Å². The van der Waals surface area contributed by atoms with E-state index in [0.717, 1.165) is 30.7 Å². The number of alkyl halides is 3. The van der Waals surface area contributed by atoms with Gasteiger partial charge in [0.2, 0.25) is 5.89 Å². The van der Waals surface area contributed by atoms with E-state index in [-0.39, 0.29) is 11.6 Å². The number of nitrogens with two attached hydrogens (primary N) is 1. The van der Waals surface area contributed by atoms with Gasteiger partial charge in [-0.2, -0.15) is 13.2 Å². The predicted molar refractivity (Wildman–Crippen MR) is 111 cm³/mol. The zero-order valence-corrected chi connectivity index (χ0v) is 18.0. The molecule has 11 heteroatoms. The summed E-state index contributed by atoms with van der Waals surface area (Å²) in [7, 11) is 0. The maximum absolute atomic E-state index is 14.3. The third-order valence-electron chi connectivity index (χ3n) is 4.94. The van der Waals surface area contributed by atoms with E-state index in [2.05, 4.69) is 4.98 Å². The van der Waals surface area contributed by atoms with Crippen molar-refractivity contribution >= 4 is 5.91 Å². The molecule has 3 N–H and O–H groups in total. The number of aliphatic hydroxyl groups excluding tert-OH is 1. The molecular weight excluding hydrogens is 463 g/mol. The summed E-state index contributed by atoms with van der Waals surface area (Å²) in [4.78, 5) is 15.5. The summed E-state index contributed by atoms with van der Waals surface area (Å²) < 4.78 is 77.3. The van der Waals surface area contributed by atoms with Crippen molar-refractivity contribution in [3.05, 3.63) is 70.8 Å². The molecule has 1 heterocycles. The third-order valence-corrected chi connectivity index (χ3v) is 4.94. The second-order valence-corrected chi connectivity index (χ2v) is 7.43. The quantitative estimate of drug-likeness (QED) is 0.407. The van der Waals surface area contributed by atoms with Crippen LogP contribution in [-0.2, 0) is 12.6 Å². The predicted octanol–water partition coefficient (Wildman–Crippen LogP) is 5.19. The van der Waals surface area contributed by atoms with Crippen LogP contribution in [0, 0.1) is 11.6 Å². The topological polar surface area (TPSA) is 98.6 Å². The van der Waals surface area contributed by atoms with E-state index in [9.17, 15) is 31.9 Å². The minimum Gasteiger partial charge on any atom is -0.487 e. The number of carbonyl (C=O) groups is 1. The molecule has 1 unspecified atom stereocenters. The second-order valence-electron chi connectivity index (χ2n) is 7.43. The highest BCUT2D eigenvalue weighted by Gasteiger charge is 2.30. The number of aliphatic hydroxyl groups is 1. The molecule has 0 fully saturated rings. The number of amides is 1. The molecule has 0 saturated heterocycles. The lowest BCUT2D eigenvalue weighted by Gasteiger charge is -2.12. The van der Waals surface area contributed by atoms with Crippen LogP contribution in [0.2, 0.25) is 0 Å². The second kappa shape index (κ2) is 10.2. The van der Waals surface area contributed by atoms with Crippen LogP contribution in [0.25, 0.3) is 11.3 Å². The first-order valence-electron chi connectivity index (χ1n) is 10.3. The molecule has 1 amide bonds. The minimum atomic E-state index is -4.49. The Bertz CT molecular complexity index is 1160. The van der Waals surface area contributed by atoms with Crippen LogP contribution in [0.5, 0.6) is 5.75 Å². The Hall–Kier alpha value is -3.47. The number of nitrogens with zero attached hydrogens (tertiary/aromatic N) is 1. The summed E-state index contributed by atoms with van der Waals surface area (Å²) in [5, 5.41) is 10.4. The number of oxazole rings is 1. The highest BCUT2D eigenvalue weighted by molar-refractivity contribution is 5.93. The Morgan fingerprint density at radius 2 is 1.85 bits per heavy atom. The van der Waals surface area contributed by atoms with Crippen molar-refractivity contribution in [2.24, 2.45) is 5.73 Å². The molecular formula is C23H21F5N2O4. The summed E-state index contributed by atoms with van der Waals surface area (Å²) in [5.41, 5.74) is 3.79. The largest absolute Gasteiger partial charge is 0.487 e.